The molecule has 0 aliphatic heterocycles. The van der Waals surface area contributed by atoms with Gasteiger partial charge in [-0.25, -0.2) is 4.79 Å². The predicted molar refractivity (Wildman–Crippen MR) is 116 cm³/mol. The standard InChI is InChI=1S/C26H28O3/c1-25(2,18-12-7-5-8-13-18)21-17-11-16-20(23(27)24(28)29)22(21)26(3,4)19-14-9-6-10-15-19/h5-17,23,27H,1-4H3,(H,28,29). The van der Waals surface area contributed by atoms with Gasteiger partial charge >= 0.3 is 5.97 Å². The molecule has 3 aromatic rings. The van der Waals surface area contributed by atoms with Gasteiger partial charge in [0.1, 0.15) is 0 Å². The molecule has 0 aromatic heterocycles. The van der Waals surface area contributed by atoms with Crippen LogP contribution in [-0.2, 0) is 15.6 Å². The van der Waals surface area contributed by atoms with E-state index >= 15 is 0 Å². The first-order valence-corrected chi connectivity index (χ1v) is 9.83. The number of carbonyl (C=O) groups is 1. The van der Waals surface area contributed by atoms with E-state index in [1.807, 2.05) is 60.7 Å². The molecule has 150 valence electrons. The summed E-state index contributed by atoms with van der Waals surface area (Å²) >= 11 is 0. The summed E-state index contributed by atoms with van der Waals surface area (Å²) in [5, 5.41) is 20.1. The normalized spacial score (nSPS) is 13.1. The molecule has 3 aromatic carbocycles. The Kier molecular flexibility index (Phi) is 5.63. The molecule has 0 aliphatic carbocycles. The molecule has 1 atom stereocenters. The van der Waals surface area contributed by atoms with Crippen molar-refractivity contribution in [2.75, 3.05) is 0 Å². The van der Waals surface area contributed by atoms with Crippen molar-refractivity contribution in [3.63, 3.8) is 0 Å². The highest BCUT2D eigenvalue weighted by Gasteiger charge is 2.37. The lowest BCUT2D eigenvalue weighted by molar-refractivity contribution is -0.147. The van der Waals surface area contributed by atoms with Crippen molar-refractivity contribution >= 4 is 5.97 Å². The second kappa shape index (κ2) is 7.84. The zero-order chi connectivity index (χ0) is 21.2. The third kappa shape index (κ3) is 3.83. The highest BCUT2D eigenvalue weighted by molar-refractivity contribution is 5.75. The molecule has 0 heterocycles. The minimum atomic E-state index is -1.58. The number of benzene rings is 3. The molecule has 0 radical (unpaired) electrons. The maximum atomic E-state index is 11.7. The van der Waals surface area contributed by atoms with Crippen molar-refractivity contribution in [2.45, 2.75) is 44.6 Å². The Bertz CT molecular complexity index is 989. The van der Waals surface area contributed by atoms with Crippen LogP contribution in [0.1, 0.15) is 61.6 Å². The number of aliphatic carboxylic acids is 1. The number of carboxylic acids is 1. The van der Waals surface area contributed by atoms with E-state index in [0.29, 0.717) is 5.56 Å². The van der Waals surface area contributed by atoms with Crippen molar-refractivity contribution in [1.82, 2.24) is 0 Å². The number of hydrogen-bond acceptors (Lipinski definition) is 2. The van der Waals surface area contributed by atoms with E-state index in [9.17, 15) is 15.0 Å². The molecule has 0 fully saturated rings. The van der Waals surface area contributed by atoms with Crippen LogP contribution in [-0.4, -0.2) is 16.2 Å². The van der Waals surface area contributed by atoms with E-state index in [-0.39, 0.29) is 5.41 Å². The van der Waals surface area contributed by atoms with Crippen molar-refractivity contribution in [2.24, 2.45) is 0 Å². The van der Waals surface area contributed by atoms with Gasteiger partial charge in [0.15, 0.2) is 6.10 Å². The largest absolute Gasteiger partial charge is 0.479 e. The first kappa shape index (κ1) is 20.8. The molecule has 3 nitrogen and oxygen atoms in total. The summed E-state index contributed by atoms with van der Waals surface area (Å²) in [6.07, 6.45) is -1.58. The Morgan fingerprint density at radius 2 is 1.21 bits per heavy atom. The van der Waals surface area contributed by atoms with E-state index in [0.717, 1.165) is 22.3 Å². The zero-order valence-corrected chi connectivity index (χ0v) is 17.4. The summed E-state index contributed by atoms with van der Waals surface area (Å²) in [7, 11) is 0. The third-order valence-corrected chi connectivity index (χ3v) is 5.91. The Balaban J connectivity index is 2.33. The maximum Gasteiger partial charge on any atom is 0.337 e. The van der Waals surface area contributed by atoms with Crippen LogP contribution in [0.3, 0.4) is 0 Å². The van der Waals surface area contributed by atoms with Gasteiger partial charge in [-0.2, -0.15) is 0 Å². The maximum absolute atomic E-state index is 11.7. The lowest BCUT2D eigenvalue weighted by atomic mass is 9.66. The number of hydrogen-bond donors (Lipinski definition) is 2. The summed E-state index contributed by atoms with van der Waals surface area (Å²) in [5.41, 5.74) is 3.62. The third-order valence-electron chi connectivity index (χ3n) is 5.91. The van der Waals surface area contributed by atoms with Crippen LogP contribution in [0.25, 0.3) is 0 Å². The molecule has 3 heteroatoms. The number of carboxylic acid groups (broad SMARTS) is 1. The minimum Gasteiger partial charge on any atom is -0.479 e. The molecular weight excluding hydrogens is 360 g/mol. The second-order valence-corrected chi connectivity index (χ2v) is 8.49. The van der Waals surface area contributed by atoms with Crippen LogP contribution in [0.4, 0.5) is 0 Å². The van der Waals surface area contributed by atoms with E-state index in [1.54, 1.807) is 6.07 Å². The lowest BCUT2D eigenvalue weighted by Crippen LogP contribution is -2.31. The van der Waals surface area contributed by atoms with Crippen LogP contribution >= 0.6 is 0 Å². The molecule has 29 heavy (non-hydrogen) atoms. The van der Waals surface area contributed by atoms with E-state index < -0.39 is 17.5 Å². The SMILES string of the molecule is CC(C)(c1ccccc1)c1cccc(C(O)C(=O)O)c1C(C)(C)c1ccccc1. The Morgan fingerprint density at radius 3 is 1.69 bits per heavy atom. The summed E-state index contributed by atoms with van der Waals surface area (Å²) in [6, 6.07) is 25.8. The van der Waals surface area contributed by atoms with Gasteiger partial charge in [0.25, 0.3) is 0 Å². The van der Waals surface area contributed by atoms with Crippen LogP contribution in [0.5, 0.6) is 0 Å². The van der Waals surface area contributed by atoms with Gasteiger partial charge < -0.3 is 10.2 Å². The second-order valence-electron chi connectivity index (χ2n) is 8.49. The number of aliphatic hydroxyl groups excluding tert-OH is 1. The van der Waals surface area contributed by atoms with Crippen molar-refractivity contribution in [3.8, 4) is 0 Å². The first-order valence-electron chi connectivity index (χ1n) is 9.83. The summed E-state index contributed by atoms with van der Waals surface area (Å²) in [5.74, 6) is -1.25. The molecule has 1 unspecified atom stereocenters. The molecule has 0 amide bonds. The van der Waals surface area contributed by atoms with Crippen LogP contribution in [0.15, 0.2) is 78.9 Å². The van der Waals surface area contributed by atoms with Gasteiger partial charge in [-0.15, -0.1) is 0 Å². The molecule has 0 aliphatic rings. The number of rotatable bonds is 6. The topological polar surface area (TPSA) is 57.5 Å². The Labute approximate surface area is 172 Å². The molecular formula is C26H28O3. The Hall–Kier alpha value is -2.91. The van der Waals surface area contributed by atoms with Gasteiger partial charge in [0.05, 0.1) is 0 Å². The average Bonchev–Trinajstić information content (AvgIpc) is 2.73. The minimum absolute atomic E-state index is 0.378. The fourth-order valence-corrected chi connectivity index (χ4v) is 4.16. The fraction of sp³-hybridized carbons (Fsp3) is 0.269. The highest BCUT2D eigenvalue weighted by Crippen LogP contribution is 2.44. The van der Waals surface area contributed by atoms with E-state index in [2.05, 4.69) is 39.8 Å². The number of aliphatic hydroxyl groups is 1. The summed E-state index contributed by atoms with van der Waals surface area (Å²) in [6.45, 7) is 8.44. The monoisotopic (exact) mass is 388 g/mol. The fourth-order valence-electron chi connectivity index (χ4n) is 4.16. The van der Waals surface area contributed by atoms with Crippen LogP contribution in [0.2, 0.25) is 0 Å². The molecule has 0 bridgehead atoms. The van der Waals surface area contributed by atoms with Crippen LogP contribution < -0.4 is 0 Å². The van der Waals surface area contributed by atoms with Crippen molar-refractivity contribution in [1.29, 1.82) is 0 Å². The van der Waals surface area contributed by atoms with Gasteiger partial charge in [-0.1, -0.05) is 107 Å². The van der Waals surface area contributed by atoms with Gasteiger partial charge in [0.2, 0.25) is 0 Å². The van der Waals surface area contributed by atoms with Crippen molar-refractivity contribution in [3.05, 3.63) is 107 Å². The quantitative estimate of drug-likeness (QED) is 0.590. The average molecular weight is 389 g/mol. The van der Waals surface area contributed by atoms with Crippen LogP contribution in [0, 0.1) is 0 Å². The smallest absolute Gasteiger partial charge is 0.337 e. The Morgan fingerprint density at radius 1 is 0.724 bits per heavy atom. The van der Waals surface area contributed by atoms with Gasteiger partial charge in [-0.3, -0.25) is 0 Å². The first-order chi connectivity index (χ1) is 13.7. The van der Waals surface area contributed by atoms with E-state index in [1.165, 1.54) is 0 Å². The molecule has 3 rings (SSSR count). The van der Waals surface area contributed by atoms with Gasteiger partial charge in [-0.05, 0) is 27.8 Å². The van der Waals surface area contributed by atoms with E-state index in [4.69, 9.17) is 0 Å². The molecule has 0 saturated heterocycles. The highest BCUT2D eigenvalue weighted by atomic mass is 16.4. The summed E-state index contributed by atoms with van der Waals surface area (Å²) in [4.78, 5) is 11.7. The van der Waals surface area contributed by atoms with Gasteiger partial charge in [0, 0.05) is 10.8 Å². The van der Waals surface area contributed by atoms with Crippen molar-refractivity contribution < 1.29 is 15.0 Å². The zero-order valence-electron chi connectivity index (χ0n) is 17.4. The molecule has 0 saturated carbocycles. The predicted octanol–water partition coefficient (Wildman–Crippen LogP) is 5.46. The molecule has 2 N–H and O–H groups in total. The summed E-state index contributed by atoms with van der Waals surface area (Å²) < 4.78 is 0. The lowest BCUT2D eigenvalue weighted by Gasteiger charge is -2.37. The molecule has 0 spiro atoms.